The molecule has 110 valence electrons. The Bertz CT molecular complexity index is 660. The number of nitroso groups, excluding NO2 is 1. The van der Waals surface area contributed by atoms with Gasteiger partial charge >= 0.3 is 0 Å². The van der Waals surface area contributed by atoms with E-state index in [1.165, 1.54) is 7.05 Å². The molecule has 2 aromatic rings. The van der Waals surface area contributed by atoms with Gasteiger partial charge in [0.25, 0.3) is 0 Å². The molecule has 0 unspecified atom stereocenters. The lowest BCUT2D eigenvalue weighted by Gasteiger charge is -2.29. The first-order chi connectivity index (χ1) is 9.85. The Hall–Kier alpha value is -2.20. The molecule has 0 bridgehead atoms. The van der Waals surface area contributed by atoms with Crippen LogP contribution in [0.3, 0.4) is 0 Å². The van der Waals surface area contributed by atoms with Crippen molar-refractivity contribution in [1.29, 1.82) is 0 Å². The van der Waals surface area contributed by atoms with E-state index in [1.54, 1.807) is 0 Å². The summed E-state index contributed by atoms with van der Waals surface area (Å²) < 4.78 is 0. The van der Waals surface area contributed by atoms with Crippen molar-refractivity contribution in [3.63, 3.8) is 0 Å². The Kier molecular flexibility index (Phi) is 4.09. The summed E-state index contributed by atoms with van der Waals surface area (Å²) in [7, 11) is 1.51. The van der Waals surface area contributed by atoms with Crippen molar-refractivity contribution in [2.45, 2.75) is 27.7 Å². The number of hydrogen-bond acceptors (Lipinski definition) is 4. The molecule has 0 aliphatic carbocycles. The third-order valence-corrected chi connectivity index (χ3v) is 3.72. The first-order valence-electron chi connectivity index (χ1n) is 6.82. The van der Waals surface area contributed by atoms with E-state index in [0.29, 0.717) is 11.4 Å². The van der Waals surface area contributed by atoms with E-state index in [-0.39, 0.29) is 0 Å². The Labute approximate surface area is 125 Å². The SMILES string of the molecule is Cc1cc(-c2cc(C)c(N(C)[O-])c(C)c2)cc(C)c1N=O. The monoisotopic (exact) mass is 283 g/mol. The van der Waals surface area contributed by atoms with Crippen LogP contribution >= 0.6 is 0 Å². The maximum Gasteiger partial charge on any atom is 0.113 e. The lowest BCUT2D eigenvalue weighted by molar-refractivity contribution is 1.16. The highest BCUT2D eigenvalue weighted by molar-refractivity contribution is 5.74. The molecule has 0 fully saturated rings. The molecule has 2 aromatic carbocycles. The van der Waals surface area contributed by atoms with Crippen LogP contribution in [0.4, 0.5) is 11.4 Å². The van der Waals surface area contributed by atoms with Gasteiger partial charge < -0.3 is 10.3 Å². The van der Waals surface area contributed by atoms with Gasteiger partial charge in [-0.15, -0.1) is 4.91 Å². The van der Waals surface area contributed by atoms with Gasteiger partial charge in [-0.2, -0.15) is 0 Å². The van der Waals surface area contributed by atoms with Gasteiger partial charge in [0, 0.05) is 5.69 Å². The molecule has 0 saturated carbocycles. The normalized spacial score (nSPS) is 10.6. The topological polar surface area (TPSA) is 55.7 Å². The number of anilines is 1. The van der Waals surface area contributed by atoms with Crippen LogP contribution < -0.4 is 5.06 Å². The lowest BCUT2D eigenvalue weighted by Crippen LogP contribution is -2.09. The molecule has 2 rings (SSSR count). The molecule has 4 heteroatoms. The molecular weight excluding hydrogens is 264 g/mol. The van der Waals surface area contributed by atoms with Crippen LogP contribution in [0.25, 0.3) is 11.1 Å². The van der Waals surface area contributed by atoms with Gasteiger partial charge in [0.2, 0.25) is 0 Å². The van der Waals surface area contributed by atoms with Crippen LogP contribution in [0, 0.1) is 37.8 Å². The van der Waals surface area contributed by atoms with Crippen molar-refractivity contribution >= 4 is 11.4 Å². The molecule has 0 aliphatic rings. The molecule has 0 radical (unpaired) electrons. The fraction of sp³-hybridized carbons (Fsp3) is 0.294. The highest BCUT2D eigenvalue weighted by Gasteiger charge is 2.10. The fourth-order valence-electron chi connectivity index (χ4n) is 2.89. The zero-order valence-corrected chi connectivity index (χ0v) is 13.0. The van der Waals surface area contributed by atoms with Gasteiger partial charge in [0.05, 0.1) is 0 Å². The fourth-order valence-corrected chi connectivity index (χ4v) is 2.89. The molecule has 0 aliphatic heterocycles. The van der Waals surface area contributed by atoms with Gasteiger partial charge in [-0.25, -0.2) is 0 Å². The highest BCUT2D eigenvalue weighted by Crippen LogP contribution is 2.34. The van der Waals surface area contributed by atoms with Gasteiger partial charge in [-0.3, -0.25) is 0 Å². The minimum Gasteiger partial charge on any atom is -0.758 e. The van der Waals surface area contributed by atoms with Crippen molar-refractivity contribution in [3.05, 3.63) is 56.6 Å². The summed E-state index contributed by atoms with van der Waals surface area (Å²) in [5.74, 6) is 0. The van der Waals surface area contributed by atoms with Gasteiger partial charge in [-0.1, -0.05) is 0 Å². The first kappa shape index (κ1) is 15.2. The molecule has 0 atom stereocenters. The maximum atomic E-state index is 11.6. The van der Waals surface area contributed by atoms with Crippen molar-refractivity contribution in [3.8, 4) is 11.1 Å². The van der Waals surface area contributed by atoms with E-state index in [9.17, 15) is 10.1 Å². The molecule has 0 heterocycles. The minimum absolute atomic E-state index is 0.503. The Morgan fingerprint density at radius 3 is 1.57 bits per heavy atom. The summed E-state index contributed by atoms with van der Waals surface area (Å²) in [6, 6.07) is 7.91. The van der Waals surface area contributed by atoms with Gasteiger partial charge in [0.1, 0.15) is 5.69 Å². The number of nitrogens with zero attached hydrogens (tertiary/aromatic N) is 2. The van der Waals surface area contributed by atoms with Crippen LogP contribution in [0.2, 0.25) is 0 Å². The zero-order valence-electron chi connectivity index (χ0n) is 13.0. The maximum absolute atomic E-state index is 11.6. The molecule has 0 spiro atoms. The third-order valence-electron chi connectivity index (χ3n) is 3.72. The molecule has 0 N–H and O–H groups in total. The van der Waals surface area contributed by atoms with E-state index in [1.807, 2.05) is 52.0 Å². The summed E-state index contributed by atoms with van der Waals surface area (Å²) in [6.45, 7) is 7.63. The summed E-state index contributed by atoms with van der Waals surface area (Å²) in [5.41, 5.74) is 6.89. The van der Waals surface area contributed by atoms with Crippen LogP contribution in [-0.2, 0) is 0 Å². The summed E-state index contributed by atoms with van der Waals surface area (Å²) >= 11 is 0. The second kappa shape index (κ2) is 5.66. The van der Waals surface area contributed by atoms with Crippen LogP contribution in [-0.4, -0.2) is 7.05 Å². The summed E-state index contributed by atoms with van der Waals surface area (Å²) in [4.78, 5) is 10.8. The van der Waals surface area contributed by atoms with Crippen molar-refractivity contribution < 1.29 is 0 Å². The largest absolute Gasteiger partial charge is 0.758 e. The van der Waals surface area contributed by atoms with Gasteiger partial charge in [0.15, 0.2) is 0 Å². The predicted molar refractivity (Wildman–Crippen MR) is 88.1 cm³/mol. The minimum atomic E-state index is 0.503. The van der Waals surface area contributed by atoms with E-state index in [2.05, 4.69) is 5.18 Å². The third kappa shape index (κ3) is 2.81. The Morgan fingerprint density at radius 2 is 1.24 bits per heavy atom. The van der Waals surface area contributed by atoms with Crippen LogP contribution in [0.5, 0.6) is 0 Å². The van der Waals surface area contributed by atoms with E-state index >= 15 is 0 Å². The Morgan fingerprint density at radius 1 is 0.857 bits per heavy atom. The van der Waals surface area contributed by atoms with E-state index in [0.717, 1.165) is 38.4 Å². The molecule has 21 heavy (non-hydrogen) atoms. The second-order valence-electron chi connectivity index (χ2n) is 5.51. The van der Waals surface area contributed by atoms with Crippen molar-refractivity contribution in [2.24, 2.45) is 5.18 Å². The highest BCUT2D eigenvalue weighted by atomic mass is 16.5. The van der Waals surface area contributed by atoms with E-state index < -0.39 is 0 Å². The Balaban J connectivity index is 2.61. The van der Waals surface area contributed by atoms with Crippen molar-refractivity contribution in [2.75, 3.05) is 12.1 Å². The summed E-state index contributed by atoms with van der Waals surface area (Å²) in [5, 5.41) is 15.6. The second-order valence-corrected chi connectivity index (χ2v) is 5.51. The number of hydroxylamine groups is 1. The smallest absolute Gasteiger partial charge is 0.113 e. The number of hydrogen-bond donors (Lipinski definition) is 0. The van der Waals surface area contributed by atoms with Crippen LogP contribution in [0.15, 0.2) is 29.4 Å². The first-order valence-corrected chi connectivity index (χ1v) is 6.82. The lowest BCUT2D eigenvalue weighted by atomic mass is 9.95. The number of benzene rings is 2. The molecule has 0 amide bonds. The quantitative estimate of drug-likeness (QED) is 0.593. The standard InChI is InChI=1S/C17H19N2O2/c1-10-6-14(7-11(2)16(10)18-20)15-8-12(3)17(19(5)21)13(4)9-15/h6-9H,1-5H3/q-1. The average Bonchev–Trinajstić information content (AvgIpc) is 2.36. The van der Waals surface area contributed by atoms with Gasteiger partial charge in [-0.05, 0) is 97.6 Å². The molecule has 4 nitrogen and oxygen atoms in total. The zero-order chi connectivity index (χ0) is 15.7. The predicted octanol–water partition coefficient (Wildman–Crippen LogP) is 4.92. The average molecular weight is 283 g/mol. The van der Waals surface area contributed by atoms with Crippen molar-refractivity contribution in [1.82, 2.24) is 0 Å². The van der Waals surface area contributed by atoms with E-state index in [4.69, 9.17) is 0 Å². The summed E-state index contributed by atoms with van der Waals surface area (Å²) in [6.07, 6.45) is 0. The molecular formula is C17H19N2O2-. The molecule has 0 saturated heterocycles. The number of rotatable bonds is 3. The molecule has 0 aromatic heterocycles. The number of aryl methyl sites for hydroxylation is 4. The van der Waals surface area contributed by atoms with Crippen LogP contribution in [0.1, 0.15) is 22.3 Å².